The maximum atomic E-state index is 10.8. The second kappa shape index (κ2) is 6.10. The van der Waals surface area contributed by atoms with Gasteiger partial charge in [0.1, 0.15) is 24.9 Å². The number of rotatable bonds is 3. The van der Waals surface area contributed by atoms with Crippen molar-refractivity contribution in [1.82, 2.24) is 0 Å². The molecule has 0 aliphatic carbocycles. The summed E-state index contributed by atoms with van der Waals surface area (Å²) in [7, 11) is 0. The van der Waals surface area contributed by atoms with E-state index in [1.807, 2.05) is 0 Å². The molecule has 1 fully saturated rings. The van der Waals surface area contributed by atoms with Crippen LogP contribution in [0.4, 0.5) is 0 Å². The van der Waals surface area contributed by atoms with Crippen molar-refractivity contribution in [3.63, 3.8) is 0 Å². The summed E-state index contributed by atoms with van der Waals surface area (Å²) in [5.41, 5.74) is 0. The van der Waals surface area contributed by atoms with E-state index < -0.39 is 42.6 Å². The molecule has 0 amide bonds. The summed E-state index contributed by atoms with van der Waals surface area (Å²) < 4.78 is 14.2. The predicted octanol–water partition coefficient (Wildman–Crippen LogP) is -2.08. The molecule has 18 heavy (non-hydrogen) atoms. The number of aliphatic hydroxyl groups excluding tert-OH is 3. The average Bonchev–Trinajstić information content (AvgIpc) is 2.27. The van der Waals surface area contributed by atoms with E-state index in [-0.39, 0.29) is 6.61 Å². The van der Waals surface area contributed by atoms with Gasteiger partial charge < -0.3 is 29.5 Å². The zero-order valence-electron chi connectivity index (χ0n) is 9.98. The number of aliphatic hydroxyl groups is 3. The molecule has 1 heterocycles. The first-order valence-electron chi connectivity index (χ1n) is 5.33. The van der Waals surface area contributed by atoms with Gasteiger partial charge in [-0.25, -0.2) is 0 Å². The molecule has 0 saturated carbocycles. The Morgan fingerprint density at radius 1 is 1.11 bits per heavy atom. The molecule has 5 atom stereocenters. The number of esters is 2. The summed E-state index contributed by atoms with van der Waals surface area (Å²) in [4.78, 5) is 21.4. The van der Waals surface area contributed by atoms with E-state index in [1.54, 1.807) is 0 Å². The molecule has 1 saturated heterocycles. The first kappa shape index (κ1) is 14.8. The van der Waals surface area contributed by atoms with Crippen LogP contribution in [-0.2, 0) is 23.8 Å². The van der Waals surface area contributed by atoms with E-state index in [4.69, 9.17) is 4.74 Å². The molecule has 1 aliphatic rings. The van der Waals surface area contributed by atoms with Gasteiger partial charge in [0, 0.05) is 13.8 Å². The summed E-state index contributed by atoms with van der Waals surface area (Å²) in [5, 5.41) is 28.9. The third kappa shape index (κ3) is 3.64. The van der Waals surface area contributed by atoms with Crippen LogP contribution >= 0.6 is 0 Å². The molecule has 0 bridgehead atoms. The van der Waals surface area contributed by atoms with Crippen LogP contribution in [0.3, 0.4) is 0 Å². The summed E-state index contributed by atoms with van der Waals surface area (Å²) >= 11 is 0. The molecule has 104 valence electrons. The second-order valence-electron chi connectivity index (χ2n) is 3.92. The number of hydrogen-bond donors (Lipinski definition) is 3. The van der Waals surface area contributed by atoms with Gasteiger partial charge in [0.2, 0.25) is 0 Å². The van der Waals surface area contributed by atoms with Gasteiger partial charge in [0.05, 0.1) is 0 Å². The minimum absolute atomic E-state index is 0.322. The normalized spacial score (nSPS) is 35.9. The standard InChI is InChI=1S/C10H16O8/c1-4(11)16-3-6-7(13)8(14)9(10(15)18-6)17-5(2)12/h6-10,13-15H,3H2,1-2H3/t6-,7+,8+,9-,10+/m1/s1. The van der Waals surface area contributed by atoms with Crippen LogP contribution in [0.1, 0.15) is 13.8 Å². The Kier molecular flexibility index (Phi) is 5.03. The van der Waals surface area contributed by atoms with Crippen LogP contribution in [0.5, 0.6) is 0 Å². The van der Waals surface area contributed by atoms with Gasteiger partial charge in [-0.15, -0.1) is 0 Å². The van der Waals surface area contributed by atoms with Gasteiger partial charge >= 0.3 is 11.9 Å². The Morgan fingerprint density at radius 2 is 1.72 bits per heavy atom. The third-order valence-electron chi connectivity index (χ3n) is 2.42. The Balaban J connectivity index is 2.64. The quantitative estimate of drug-likeness (QED) is 0.496. The highest BCUT2D eigenvalue weighted by Crippen LogP contribution is 2.22. The fourth-order valence-electron chi connectivity index (χ4n) is 1.58. The SMILES string of the molecule is CC(=O)OC[C@H]1O[C@H](O)[C@H](OC(C)=O)[C@@H](O)[C@H]1O. The van der Waals surface area contributed by atoms with Crippen molar-refractivity contribution in [3.05, 3.63) is 0 Å². The highest BCUT2D eigenvalue weighted by Gasteiger charge is 2.46. The fourth-order valence-corrected chi connectivity index (χ4v) is 1.58. The molecule has 0 aromatic rings. The van der Waals surface area contributed by atoms with Crippen LogP contribution in [0, 0.1) is 0 Å². The lowest BCUT2D eigenvalue weighted by atomic mass is 9.99. The molecule has 0 aromatic carbocycles. The van der Waals surface area contributed by atoms with Crippen molar-refractivity contribution in [3.8, 4) is 0 Å². The molecule has 1 aliphatic heterocycles. The van der Waals surface area contributed by atoms with Crippen molar-refractivity contribution < 1.29 is 39.1 Å². The maximum absolute atomic E-state index is 10.8. The molecule has 8 nitrogen and oxygen atoms in total. The number of ether oxygens (including phenoxy) is 3. The minimum atomic E-state index is -1.60. The highest BCUT2D eigenvalue weighted by molar-refractivity contribution is 5.66. The molecule has 8 heteroatoms. The summed E-state index contributed by atoms with van der Waals surface area (Å²) in [5.74, 6) is -1.32. The van der Waals surface area contributed by atoms with Crippen LogP contribution < -0.4 is 0 Å². The van der Waals surface area contributed by atoms with E-state index in [0.717, 1.165) is 6.92 Å². The zero-order valence-corrected chi connectivity index (χ0v) is 9.98. The summed E-state index contributed by atoms with van der Waals surface area (Å²) in [6.45, 7) is 1.94. The molecule has 1 rings (SSSR count). The Labute approximate surface area is 103 Å². The maximum Gasteiger partial charge on any atom is 0.303 e. The monoisotopic (exact) mass is 264 g/mol. The lowest BCUT2D eigenvalue weighted by Gasteiger charge is -2.39. The summed E-state index contributed by atoms with van der Waals surface area (Å²) in [6, 6.07) is 0. The molecular weight excluding hydrogens is 248 g/mol. The molecule has 3 N–H and O–H groups in total. The fraction of sp³-hybridized carbons (Fsp3) is 0.800. The highest BCUT2D eigenvalue weighted by atomic mass is 16.7. The number of carbonyl (C=O) groups is 2. The van der Waals surface area contributed by atoms with Gasteiger partial charge in [0.25, 0.3) is 0 Å². The minimum Gasteiger partial charge on any atom is -0.463 e. The van der Waals surface area contributed by atoms with E-state index in [0.29, 0.717) is 0 Å². The zero-order chi connectivity index (χ0) is 13.9. The third-order valence-corrected chi connectivity index (χ3v) is 2.42. The van der Waals surface area contributed by atoms with Gasteiger partial charge in [0.15, 0.2) is 12.4 Å². The average molecular weight is 264 g/mol. The van der Waals surface area contributed by atoms with Crippen molar-refractivity contribution in [2.24, 2.45) is 0 Å². The lowest BCUT2D eigenvalue weighted by molar-refractivity contribution is -0.291. The Morgan fingerprint density at radius 3 is 2.22 bits per heavy atom. The largest absolute Gasteiger partial charge is 0.463 e. The van der Waals surface area contributed by atoms with Crippen molar-refractivity contribution >= 4 is 11.9 Å². The van der Waals surface area contributed by atoms with Crippen molar-refractivity contribution in [2.75, 3.05) is 6.61 Å². The predicted molar refractivity (Wildman–Crippen MR) is 55.1 cm³/mol. The molecular formula is C10H16O8. The summed E-state index contributed by atoms with van der Waals surface area (Å²) in [6.07, 6.45) is -7.06. The van der Waals surface area contributed by atoms with Crippen molar-refractivity contribution in [1.29, 1.82) is 0 Å². The van der Waals surface area contributed by atoms with Crippen LogP contribution in [-0.4, -0.2) is 64.6 Å². The first-order valence-corrected chi connectivity index (χ1v) is 5.33. The van der Waals surface area contributed by atoms with Gasteiger partial charge in [-0.1, -0.05) is 0 Å². The van der Waals surface area contributed by atoms with E-state index >= 15 is 0 Å². The van der Waals surface area contributed by atoms with Crippen LogP contribution in [0.2, 0.25) is 0 Å². The smallest absolute Gasteiger partial charge is 0.303 e. The molecule has 0 radical (unpaired) electrons. The topological polar surface area (TPSA) is 123 Å². The first-order chi connectivity index (χ1) is 8.32. The van der Waals surface area contributed by atoms with Gasteiger partial charge in [-0.2, -0.15) is 0 Å². The Bertz CT molecular complexity index is 315. The van der Waals surface area contributed by atoms with Crippen molar-refractivity contribution in [2.45, 2.75) is 44.6 Å². The molecule has 0 spiro atoms. The van der Waals surface area contributed by atoms with Gasteiger partial charge in [-0.05, 0) is 0 Å². The molecule has 0 unspecified atom stereocenters. The van der Waals surface area contributed by atoms with E-state index in [1.165, 1.54) is 6.92 Å². The van der Waals surface area contributed by atoms with Gasteiger partial charge in [-0.3, -0.25) is 9.59 Å². The Hall–Kier alpha value is -1.22. The second-order valence-corrected chi connectivity index (χ2v) is 3.92. The number of carbonyl (C=O) groups excluding carboxylic acids is 2. The van der Waals surface area contributed by atoms with E-state index in [9.17, 15) is 24.9 Å². The molecule has 0 aromatic heterocycles. The van der Waals surface area contributed by atoms with Crippen LogP contribution in [0.25, 0.3) is 0 Å². The lowest BCUT2D eigenvalue weighted by Crippen LogP contribution is -2.59. The van der Waals surface area contributed by atoms with Crippen LogP contribution in [0.15, 0.2) is 0 Å². The van der Waals surface area contributed by atoms with E-state index in [2.05, 4.69) is 9.47 Å². The number of hydrogen-bond acceptors (Lipinski definition) is 8.